The smallest absolute Gasteiger partial charge is 0.320 e. The molecular formula is C5H11NO2. The van der Waals surface area contributed by atoms with E-state index in [0.717, 1.165) is 0 Å². The van der Waals surface area contributed by atoms with Gasteiger partial charge in [0.05, 0.1) is 0 Å². The number of hydrogen-bond donors (Lipinski definition) is 2. The average molecular weight is 118 g/mol. The van der Waals surface area contributed by atoms with E-state index in [-0.39, 0.29) is 5.92 Å². The molecule has 0 spiro atoms. The van der Waals surface area contributed by atoms with Crippen LogP contribution in [0.25, 0.3) is 0 Å². The molecule has 0 aromatic rings. The Bertz CT molecular complexity index is 90.4. The zero-order chi connectivity index (χ0) is 6.73. The van der Waals surface area contributed by atoms with Gasteiger partial charge in [0.15, 0.2) is 0 Å². The number of nitrogens with two attached hydrogens (primary N) is 1. The van der Waals surface area contributed by atoms with Crippen molar-refractivity contribution in [3.05, 3.63) is 0 Å². The van der Waals surface area contributed by atoms with E-state index in [2.05, 4.69) is 0 Å². The second-order valence-corrected chi connectivity index (χ2v) is 2.11. The Kier molecular flexibility index (Phi) is 2.48. The van der Waals surface area contributed by atoms with Crippen molar-refractivity contribution in [1.82, 2.24) is 0 Å². The first-order valence-electron chi connectivity index (χ1n) is 2.54. The van der Waals surface area contributed by atoms with Gasteiger partial charge in [-0.3, -0.25) is 4.79 Å². The van der Waals surface area contributed by atoms with Crippen molar-refractivity contribution in [1.29, 1.82) is 0 Å². The lowest BCUT2D eigenvalue weighted by atomic mass is 10.1. The van der Waals surface area contributed by atoms with Crippen molar-refractivity contribution in [3.63, 3.8) is 0 Å². The molecular weight excluding hydrogens is 107 g/mol. The maximum Gasteiger partial charge on any atom is 0.320 e. The third-order valence-electron chi connectivity index (χ3n) is 1.00. The fourth-order valence-electron chi connectivity index (χ4n) is 0.285. The van der Waals surface area contributed by atoms with E-state index in [1.54, 1.807) is 13.8 Å². The highest BCUT2D eigenvalue weighted by atomic mass is 16.4. The molecule has 3 heteroatoms. The van der Waals surface area contributed by atoms with E-state index in [4.69, 9.17) is 10.8 Å². The van der Waals surface area contributed by atoms with Crippen LogP contribution in [0.2, 0.25) is 0 Å². The predicted molar refractivity (Wildman–Crippen MR) is 30.4 cm³/mol. The molecule has 8 heavy (non-hydrogen) atoms. The van der Waals surface area contributed by atoms with Gasteiger partial charge in [0.2, 0.25) is 0 Å². The van der Waals surface area contributed by atoms with Crippen LogP contribution in [0.15, 0.2) is 0 Å². The Balaban J connectivity index is 3.64. The summed E-state index contributed by atoms with van der Waals surface area (Å²) in [5.74, 6) is -0.910. The van der Waals surface area contributed by atoms with Gasteiger partial charge in [-0.25, -0.2) is 0 Å². The van der Waals surface area contributed by atoms with Crippen LogP contribution in [0.4, 0.5) is 0 Å². The zero-order valence-electron chi connectivity index (χ0n) is 5.09. The number of hydrogen-bond acceptors (Lipinski definition) is 2. The number of carboxylic acid groups (broad SMARTS) is 1. The van der Waals surface area contributed by atoms with E-state index in [1.165, 1.54) is 0 Å². The van der Waals surface area contributed by atoms with Crippen molar-refractivity contribution in [2.75, 3.05) is 0 Å². The van der Waals surface area contributed by atoms with Crippen molar-refractivity contribution < 1.29 is 9.90 Å². The number of carboxylic acids is 1. The Labute approximate surface area is 48.5 Å². The Morgan fingerprint density at radius 3 is 2.00 bits per heavy atom. The van der Waals surface area contributed by atoms with Gasteiger partial charge in [0.25, 0.3) is 0 Å². The van der Waals surface area contributed by atoms with E-state index >= 15 is 0 Å². The van der Waals surface area contributed by atoms with Crippen molar-refractivity contribution >= 4 is 5.97 Å². The second-order valence-electron chi connectivity index (χ2n) is 2.11. The topological polar surface area (TPSA) is 63.3 Å². The van der Waals surface area contributed by atoms with E-state index in [9.17, 15) is 4.79 Å². The zero-order valence-corrected chi connectivity index (χ0v) is 5.09. The van der Waals surface area contributed by atoms with Crippen LogP contribution in [0.5, 0.6) is 0 Å². The lowest BCUT2D eigenvalue weighted by Crippen LogP contribution is -2.34. The molecule has 0 saturated heterocycles. The molecule has 0 radical (unpaired) electrons. The molecule has 0 unspecified atom stereocenters. The van der Waals surface area contributed by atoms with Gasteiger partial charge in [-0.05, 0) is 5.92 Å². The maximum atomic E-state index is 10.0. The molecule has 0 amide bonds. The first-order chi connectivity index (χ1) is 3.55. The van der Waals surface area contributed by atoms with Gasteiger partial charge in [-0.1, -0.05) is 13.8 Å². The third-order valence-corrected chi connectivity index (χ3v) is 1.00. The fraction of sp³-hybridized carbons (Fsp3) is 0.800. The van der Waals surface area contributed by atoms with Crippen LogP contribution in [0.1, 0.15) is 13.8 Å². The summed E-state index contributed by atoms with van der Waals surface area (Å²) in [6, 6.07) is -0.713. The number of carbonyl (C=O) groups is 1. The predicted octanol–water partition coefficient (Wildman–Crippen LogP) is 0.0543. The summed E-state index contributed by atoms with van der Waals surface area (Å²) >= 11 is 0. The average Bonchev–Trinajstić information content (AvgIpc) is 1.64. The summed E-state index contributed by atoms with van der Waals surface area (Å²) in [6.07, 6.45) is 0. The Hall–Kier alpha value is -0.570. The normalized spacial score (nSPS) is 17.4. The monoisotopic (exact) mass is 118 g/mol. The lowest BCUT2D eigenvalue weighted by Gasteiger charge is -2.07. The largest absolute Gasteiger partial charge is 0.480 e. The summed E-state index contributed by atoms with van der Waals surface area (Å²) in [6.45, 7) is 3.55. The van der Waals surface area contributed by atoms with Gasteiger partial charge in [-0.2, -0.15) is 0 Å². The molecule has 48 valence electrons. The molecule has 3 N–H and O–H groups in total. The fourth-order valence-corrected chi connectivity index (χ4v) is 0.285. The van der Waals surface area contributed by atoms with Crippen molar-refractivity contribution in [3.8, 4) is 0 Å². The molecule has 3 nitrogen and oxygen atoms in total. The number of rotatable bonds is 2. The SMILES string of the molecule is C[C@@H]([13CH3])[C@H](N)C(=O)O. The molecule has 0 aliphatic heterocycles. The van der Waals surface area contributed by atoms with E-state index < -0.39 is 12.0 Å². The highest BCUT2D eigenvalue weighted by molar-refractivity contribution is 5.73. The van der Waals surface area contributed by atoms with Crippen LogP contribution in [0, 0.1) is 5.92 Å². The Morgan fingerprint density at radius 1 is 1.62 bits per heavy atom. The minimum Gasteiger partial charge on any atom is -0.480 e. The second kappa shape index (κ2) is 2.67. The molecule has 0 aromatic heterocycles. The highest BCUT2D eigenvalue weighted by Gasteiger charge is 2.14. The van der Waals surface area contributed by atoms with Crippen LogP contribution in [-0.2, 0) is 4.79 Å². The van der Waals surface area contributed by atoms with Crippen molar-refractivity contribution in [2.45, 2.75) is 19.9 Å². The van der Waals surface area contributed by atoms with Gasteiger partial charge >= 0.3 is 5.97 Å². The molecule has 0 aliphatic carbocycles. The molecule has 0 aromatic carbocycles. The summed E-state index contributed by atoms with van der Waals surface area (Å²) in [4.78, 5) is 10.0. The highest BCUT2D eigenvalue weighted by Crippen LogP contribution is 1.96. The standard InChI is InChI=1S/C5H11NO2/c1-3(2)4(6)5(7)8/h3-4H,6H2,1-2H3,(H,7,8)/t4-/m0/s1/i1+1/t3-,4+/m1. The van der Waals surface area contributed by atoms with Crippen LogP contribution < -0.4 is 5.73 Å². The molecule has 0 bridgehead atoms. The Morgan fingerprint density at radius 2 is 2.00 bits per heavy atom. The summed E-state index contributed by atoms with van der Waals surface area (Å²) in [7, 11) is 0. The molecule has 0 rings (SSSR count). The van der Waals surface area contributed by atoms with Gasteiger partial charge in [0, 0.05) is 0 Å². The van der Waals surface area contributed by atoms with Crippen molar-refractivity contribution in [2.24, 2.45) is 11.7 Å². The first-order valence-corrected chi connectivity index (χ1v) is 2.54. The van der Waals surface area contributed by atoms with E-state index in [0.29, 0.717) is 0 Å². The van der Waals surface area contributed by atoms with Gasteiger partial charge < -0.3 is 10.8 Å². The van der Waals surface area contributed by atoms with E-state index in [1.807, 2.05) is 0 Å². The summed E-state index contributed by atoms with van der Waals surface area (Å²) in [5, 5.41) is 8.23. The minimum absolute atomic E-state index is 0.0208. The van der Waals surface area contributed by atoms with Gasteiger partial charge in [0.1, 0.15) is 6.04 Å². The first kappa shape index (κ1) is 7.43. The minimum atomic E-state index is -0.931. The third kappa shape index (κ3) is 1.93. The van der Waals surface area contributed by atoms with Crippen LogP contribution in [-0.4, -0.2) is 17.1 Å². The van der Waals surface area contributed by atoms with Gasteiger partial charge in [-0.15, -0.1) is 0 Å². The molecule has 2 atom stereocenters. The molecule has 0 aliphatic rings. The lowest BCUT2D eigenvalue weighted by molar-refractivity contribution is -0.139. The molecule has 0 fully saturated rings. The quantitative estimate of drug-likeness (QED) is 0.504. The molecule has 0 saturated carbocycles. The maximum absolute atomic E-state index is 10.0. The van der Waals surface area contributed by atoms with Crippen LogP contribution in [0.3, 0.4) is 0 Å². The summed E-state index contributed by atoms with van der Waals surface area (Å²) < 4.78 is 0. The van der Waals surface area contributed by atoms with Crippen LogP contribution >= 0.6 is 0 Å². The summed E-state index contributed by atoms with van der Waals surface area (Å²) in [5.41, 5.74) is 5.16. The molecule has 0 heterocycles. The number of aliphatic carboxylic acids is 1.